The number of ether oxygens (including phenoxy) is 4. The number of aryl methyl sites for hydroxylation is 1. The molecule has 0 aromatic heterocycles. The Bertz CT molecular complexity index is 1400. The summed E-state index contributed by atoms with van der Waals surface area (Å²) < 4.78 is 80.1. The van der Waals surface area contributed by atoms with Gasteiger partial charge in [-0.25, -0.2) is 0 Å². The summed E-state index contributed by atoms with van der Waals surface area (Å²) in [6.45, 7) is -2.90. The number of nitrogens with one attached hydrogen (secondary N) is 1. The van der Waals surface area contributed by atoms with Crippen LogP contribution in [-0.4, -0.2) is 73.6 Å². The van der Waals surface area contributed by atoms with Gasteiger partial charge in [0.25, 0.3) is 10.1 Å². The number of aliphatic hydroxyl groups excluding tert-OH is 2. The summed E-state index contributed by atoms with van der Waals surface area (Å²) in [6, 6.07) is 18.3. The van der Waals surface area contributed by atoms with Gasteiger partial charge < -0.3 is 40.2 Å². The molecule has 0 unspecified atom stereocenters. The Balaban J connectivity index is 0.000000462. The van der Waals surface area contributed by atoms with Gasteiger partial charge >= 0.3 is 0 Å². The fourth-order valence-electron chi connectivity index (χ4n) is 2.95. The average molecular weight is 599 g/mol. The molecule has 0 spiro atoms. The fourth-order valence-corrected chi connectivity index (χ4v) is 3.74. The smallest absolute Gasteiger partial charge is 0.297 e. The van der Waals surface area contributed by atoms with Crippen molar-refractivity contribution in [2.45, 2.75) is 24.0 Å². The summed E-state index contributed by atoms with van der Waals surface area (Å²) in [5, 5.41) is 22.6. The Labute approximate surface area is 248 Å². The van der Waals surface area contributed by atoms with E-state index in [0.29, 0.717) is 17.1 Å². The lowest BCUT2D eigenvalue weighted by atomic mass is 10.1. The van der Waals surface area contributed by atoms with Crippen LogP contribution in [0, 0.1) is 6.92 Å². The lowest BCUT2D eigenvalue weighted by Crippen LogP contribution is -2.16. The molecule has 0 aliphatic rings. The van der Waals surface area contributed by atoms with Crippen molar-refractivity contribution in [2.75, 3.05) is 55.0 Å². The van der Waals surface area contributed by atoms with Crippen molar-refractivity contribution in [3.8, 4) is 11.5 Å². The van der Waals surface area contributed by atoms with E-state index in [1.807, 2.05) is 0 Å². The maximum absolute atomic E-state index is 12.3. The quantitative estimate of drug-likeness (QED) is 0.160. The van der Waals surface area contributed by atoms with E-state index in [2.05, 4.69) is 15.2 Å². The van der Waals surface area contributed by atoms with Crippen molar-refractivity contribution in [2.24, 2.45) is 5.73 Å². The van der Waals surface area contributed by atoms with Crippen molar-refractivity contribution in [1.82, 2.24) is 5.32 Å². The van der Waals surface area contributed by atoms with E-state index >= 15 is 0 Å². The number of hydrogen-bond donors (Lipinski definition) is 4. The number of rotatable bonds is 14. The van der Waals surface area contributed by atoms with Crippen LogP contribution in [0.4, 0.5) is 0 Å². The molecule has 228 valence electrons. The summed E-state index contributed by atoms with van der Waals surface area (Å²) in [6.07, 6.45) is -3.12. The molecule has 0 bridgehead atoms. The predicted molar refractivity (Wildman–Crippen MR) is 156 cm³/mol. The monoisotopic (exact) mass is 598 g/mol. The third-order valence-electron chi connectivity index (χ3n) is 4.89. The third-order valence-corrected chi connectivity index (χ3v) is 6.06. The summed E-state index contributed by atoms with van der Waals surface area (Å²) in [7, 11) is 1.51. The molecule has 12 heteroatoms. The molecule has 0 fully saturated rings. The minimum Gasteiger partial charge on any atom is -0.468 e. The zero-order valence-electron chi connectivity index (χ0n) is 27.7. The van der Waals surface area contributed by atoms with Gasteiger partial charge in [0.2, 0.25) is 0 Å². The minimum absolute atomic E-state index is 0.0231. The first-order chi connectivity index (χ1) is 21.2. The normalized spacial score (nSPS) is 14.3. The first kappa shape index (κ1) is 29.4. The zero-order valence-corrected chi connectivity index (χ0v) is 24.6. The van der Waals surface area contributed by atoms with E-state index in [1.165, 1.54) is 58.6 Å². The molecule has 5 N–H and O–H groups in total. The zero-order chi connectivity index (χ0) is 34.3. The van der Waals surface area contributed by atoms with Gasteiger partial charge in [0.1, 0.15) is 17.6 Å². The molecule has 0 aliphatic heterocycles. The van der Waals surface area contributed by atoms with Crippen LogP contribution in [0.25, 0.3) is 0 Å². The number of aliphatic hydroxyl groups is 2. The average Bonchev–Trinajstić information content (AvgIpc) is 3.03. The number of hydrogen-bond acceptors (Lipinski definition) is 11. The second-order valence-electron chi connectivity index (χ2n) is 7.91. The van der Waals surface area contributed by atoms with Crippen LogP contribution in [0.1, 0.15) is 34.4 Å². The van der Waals surface area contributed by atoms with Gasteiger partial charge in [-0.15, -0.1) is 0 Å². The third kappa shape index (κ3) is 13.4. The van der Waals surface area contributed by atoms with E-state index in [4.69, 9.17) is 24.4 Å². The van der Waals surface area contributed by atoms with E-state index in [9.17, 15) is 18.6 Å². The Morgan fingerprint density at radius 3 is 1.80 bits per heavy atom. The van der Waals surface area contributed by atoms with E-state index in [0.717, 1.165) is 5.56 Å². The van der Waals surface area contributed by atoms with Crippen molar-refractivity contribution < 1.29 is 47.2 Å². The molecular weight excluding hydrogens is 552 g/mol. The van der Waals surface area contributed by atoms with Gasteiger partial charge in [0.05, 0.1) is 20.3 Å². The van der Waals surface area contributed by atoms with E-state index < -0.39 is 35.4 Å². The van der Waals surface area contributed by atoms with Gasteiger partial charge in [-0.05, 0) is 68.5 Å². The molecule has 0 amide bonds. The van der Waals surface area contributed by atoms with E-state index in [-0.39, 0.29) is 24.0 Å². The SMILES string of the molecule is CN.[2H]C([2H])(NC)[C@@H](O)c1cccc(OCOC)c1.[2H]C([2H])(OS(=O)(=O)c1ccc(C)cc1)[C@@H](O)c1cccc(OCOC)c1. The fraction of sp³-hybridized carbons (Fsp3) is 0.379. The molecule has 41 heavy (non-hydrogen) atoms. The molecule has 0 saturated heterocycles. The van der Waals surface area contributed by atoms with Gasteiger partial charge in [-0.2, -0.15) is 8.42 Å². The van der Waals surface area contributed by atoms with Crippen molar-refractivity contribution in [1.29, 1.82) is 0 Å². The summed E-state index contributed by atoms with van der Waals surface area (Å²) in [5.41, 5.74) is 5.89. The lowest BCUT2D eigenvalue weighted by Gasteiger charge is -2.13. The number of methoxy groups -OCH3 is 2. The Morgan fingerprint density at radius 2 is 1.34 bits per heavy atom. The van der Waals surface area contributed by atoms with Crippen LogP contribution in [0.5, 0.6) is 11.5 Å². The summed E-state index contributed by atoms with van der Waals surface area (Å²) >= 11 is 0. The second-order valence-corrected chi connectivity index (χ2v) is 9.46. The van der Waals surface area contributed by atoms with Crippen LogP contribution < -0.4 is 20.5 Å². The van der Waals surface area contributed by atoms with Crippen molar-refractivity contribution >= 4 is 10.1 Å². The first-order valence-corrected chi connectivity index (χ1v) is 13.7. The van der Waals surface area contributed by atoms with Crippen LogP contribution in [0.3, 0.4) is 0 Å². The molecule has 3 aromatic rings. The second kappa shape index (κ2) is 19.9. The van der Waals surface area contributed by atoms with Crippen LogP contribution >= 0.6 is 0 Å². The Hall–Kier alpha value is -3.07. The molecule has 11 nitrogen and oxygen atoms in total. The molecule has 0 heterocycles. The van der Waals surface area contributed by atoms with Gasteiger partial charge in [0, 0.05) is 23.5 Å². The molecule has 3 aromatic carbocycles. The van der Waals surface area contributed by atoms with Crippen LogP contribution in [0.15, 0.2) is 77.7 Å². The van der Waals surface area contributed by atoms with Crippen LogP contribution in [-0.2, 0) is 23.8 Å². The van der Waals surface area contributed by atoms with Gasteiger partial charge in [-0.3, -0.25) is 4.18 Å². The topological polar surface area (TPSA) is 159 Å². The van der Waals surface area contributed by atoms with Crippen LogP contribution in [0.2, 0.25) is 0 Å². The maximum Gasteiger partial charge on any atom is 0.297 e. The highest BCUT2D eigenvalue weighted by molar-refractivity contribution is 7.86. The van der Waals surface area contributed by atoms with Crippen molar-refractivity contribution in [3.05, 3.63) is 89.5 Å². The number of nitrogens with two attached hydrogens (primary N) is 1. The summed E-state index contributed by atoms with van der Waals surface area (Å²) in [4.78, 5) is -0.198. The predicted octanol–water partition coefficient (Wildman–Crippen LogP) is 2.91. The molecule has 0 aliphatic carbocycles. The molecule has 0 radical (unpaired) electrons. The minimum atomic E-state index is -4.40. The highest BCUT2D eigenvalue weighted by atomic mass is 32.2. The maximum atomic E-state index is 12.3. The Kier molecular flexibility index (Phi) is 14.3. The number of benzene rings is 3. The summed E-state index contributed by atoms with van der Waals surface area (Å²) in [5.74, 6) is 0.857. The van der Waals surface area contributed by atoms with Gasteiger partial charge in [-0.1, -0.05) is 42.0 Å². The Morgan fingerprint density at radius 1 is 0.854 bits per heavy atom. The molecule has 2 atom stereocenters. The van der Waals surface area contributed by atoms with Crippen molar-refractivity contribution in [3.63, 3.8) is 0 Å². The largest absolute Gasteiger partial charge is 0.468 e. The standard InChI is InChI=1S/C17H20O6S.C11H17NO3.CH5N/c1-13-6-8-16(9-7-13)24(19,20)23-11-17(18)14-4-3-5-15(10-14)22-12-21-2;1-12-7-11(13)9-4-3-5-10(6-9)15-8-14-2;1-2/h3-10,17-18H,11-12H2,1-2H3;3-6,11-13H,7-8H2,1-2H3;2H2,1H3/t17-;11-;/m11./s1/i11D2;7D2;. The highest BCUT2D eigenvalue weighted by Gasteiger charge is 2.18. The molecule has 3 rings (SSSR count). The highest BCUT2D eigenvalue weighted by Crippen LogP contribution is 2.22. The van der Waals surface area contributed by atoms with E-state index in [1.54, 1.807) is 49.4 Å². The lowest BCUT2D eigenvalue weighted by molar-refractivity contribution is 0.0506. The first-order valence-electron chi connectivity index (χ1n) is 14.3. The number of likely N-dealkylation sites (N-methyl/N-ethyl adjacent to an activating group) is 1. The van der Waals surface area contributed by atoms with Gasteiger partial charge in [0.15, 0.2) is 13.6 Å². The molecular formula is C29H42N2O9S. The molecule has 0 saturated carbocycles.